The maximum Gasteiger partial charge on any atom is 0.291 e. The zero-order chi connectivity index (χ0) is 17.9. The van der Waals surface area contributed by atoms with Gasteiger partial charge in [0.15, 0.2) is 10.7 Å². The van der Waals surface area contributed by atoms with E-state index < -0.39 is 0 Å². The number of anilines is 1. The van der Waals surface area contributed by atoms with Crippen LogP contribution in [0.2, 0.25) is 0 Å². The van der Waals surface area contributed by atoms with E-state index in [1.165, 1.54) is 39.8 Å². The van der Waals surface area contributed by atoms with Crippen LogP contribution >= 0.6 is 23.1 Å². The number of furan rings is 1. The number of carbonyl (C=O) groups is 1. The molecule has 1 aromatic carbocycles. The maximum absolute atomic E-state index is 12.2. The number of thiazole rings is 1. The molecular formula is C18H13N3O3S2. The molecule has 4 rings (SSSR count). The predicted molar refractivity (Wildman–Crippen MR) is 102 cm³/mol. The summed E-state index contributed by atoms with van der Waals surface area (Å²) >= 11 is 2.93. The van der Waals surface area contributed by atoms with Crippen LogP contribution in [0.25, 0.3) is 4.96 Å². The Morgan fingerprint density at radius 2 is 2.15 bits per heavy atom. The van der Waals surface area contributed by atoms with Crippen LogP contribution in [0.5, 0.6) is 0 Å². The van der Waals surface area contributed by atoms with Gasteiger partial charge < -0.3 is 9.73 Å². The predicted octanol–water partition coefficient (Wildman–Crippen LogP) is 3.89. The summed E-state index contributed by atoms with van der Waals surface area (Å²) in [7, 11) is 0. The first kappa shape index (κ1) is 16.6. The van der Waals surface area contributed by atoms with Gasteiger partial charge in [-0.05, 0) is 24.3 Å². The van der Waals surface area contributed by atoms with Crippen LogP contribution in [-0.4, -0.2) is 15.3 Å². The van der Waals surface area contributed by atoms with Crippen molar-refractivity contribution in [2.24, 2.45) is 0 Å². The smallest absolute Gasteiger partial charge is 0.291 e. The first-order chi connectivity index (χ1) is 12.7. The van der Waals surface area contributed by atoms with E-state index in [1.54, 1.807) is 18.3 Å². The molecule has 1 N–H and O–H groups in total. The molecule has 3 heterocycles. The number of amides is 1. The van der Waals surface area contributed by atoms with Crippen molar-refractivity contribution >= 4 is 39.7 Å². The molecule has 3 aromatic heterocycles. The fourth-order valence-corrected chi connectivity index (χ4v) is 4.04. The van der Waals surface area contributed by atoms with Gasteiger partial charge in [0.05, 0.1) is 17.6 Å². The first-order valence-corrected chi connectivity index (χ1v) is 9.60. The summed E-state index contributed by atoms with van der Waals surface area (Å²) in [5.74, 6) is 0.471. The van der Waals surface area contributed by atoms with Crippen LogP contribution in [0, 0.1) is 0 Å². The van der Waals surface area contributed by atoms with Crippen LogP contribution in [0.4, 0.5) is 5.69 Å². The van der Waals surface area contributed by atoms with Gasteiger partial charge in [0.25, 0.3) is 11.5 Å². The summed E-state index contributed by atoms with van der Waals surface area (Å²) in [5.41, 5.74) is 1.30. The van der Waals surface area contributed by atoms with E-state index in [0.29, 0.717) is 22.1 Å². The Hall–Kier alpha value is -2.84. The molecule has 8 heteroatoms. The highest BCUT2D eigenvalue weighted by Gasteiger charge is 2.12. The van der Waals surface area contributed by atoms with Crippen molar-refractivity contribution in [3.05, 3.63) is 82.1 Å². The molecule has 0 atom stereocenters. The van der Waals surface area contributed by atoms with Gasteiger partial charge in [-0.1, -0.05) is 12.1 Å². The Bertz CT molecular complexity index is 1120. The van der Waals surface area contributed by atoms with Gasteiger partial charge in [0.2, 0.25) is 0 Å². The molecule has 0 aliphatic carbocycles. The van der Waals surface area contributed by atoms with Gasteiger partial charge >= 0.3 is 0 Å². The largest absolute Gasteiger partial charge is 0.459 e. The van der Waals surface area contributed by atoms with E-state index in [9.17, 15) is 9.59 Å². The quantitative estimate of drug-likeness (QED) is 0.529. The number of fused-ring (bicyclic) bond motifs is 1. The summed E-state index contributed by atoms with van der Waals surface area (Å²) in [6.45, 7) is 0. The lowest BCUT2D eigenvalue weighted by atomic mass is 10.3. The third-order valence-electron chi connectivity index (χ3n) is 3.61. The number of rotatable bonds is 5. The van der Waals surface area contributed by atoms with E-state index in [4.69, 9.17) is 4.42 Å². The zero-order valence-electron chi connectivity index (χ0n) is 13.4. The Kier molecular flexibility index (Phi) is 4.59. The SMILES string of the molecule is O=C(Nc1ccccc1SCc1cc(=O)n2ccsc2n1)c1ccco1. The van der Waals surface area contributed by atoms with Crippen LogP contribution in [-0.2, 0) is 5.75 Å². The van der Waals surface area contributed by atoms with Crippen LogP contribution in [0.15, 0.2) is 74.4 Å². The number of benzene rings is 1. The third kappa shape index (κ3) is 3.42. The van der Waals surface area contributed by atoms with E-state index in [1.807, 2.05) is 29.6 Å². The molecule has 0 unspecified atom stereocenters. The van der Waals surface area contributed by atoms with Crippen LogP contribution in [0.3, 0.4) is 0 Å². The monoisotopic (exact) mass is 383 g/mol. The Labute approximate surface area is 156 Å². The summed E-state index contributed by atoms with van der Waals surface area (Å²) in [6, 6.07) is 12.3. The van der Waals surface area contributed by atoms with E-state index in [2.05, 4.69) is 10.3 Å². The highest BCUT2D eigenvalue weighted by atomic mass is 32.2. The second-order valence-corrected chi connectivity index (χ2v) is 7.25. The Morgan fingerprint density at radius 1 is 1.27 bits per heavy atom. The fraction of sp³-hybridized carbons (Fsp3) is 0.0556. The molecule has 0 aliphatic rings. The molecular weight excluding hydrogens is 370 g/mol. The summed E-state index contributed by atoms with van der Waals surface area (Å²) in [4.78, 5) is 30.3. The van der Waals surface area contributed by atoms with Crippen molar-refractivity contribution in [3.8, 4) is 0 Å². The van der Waals surface area contributed by atoms with Crippen molar-refractivity contribution in [2.45, 2.75) is 10.6 Å². The second kappa shape index (κ2) is 7.19. The minimum atomic E-state index is -0.306. The number of hydrogen-bond donors (Lipinski definition) is 1. The summed E-state index contributed by atoms with van der Waals surface area (Å²) in [5, 5.41) is 4.68. The molecule has 26 heavy (non-hydrogen) atoms. The van der Waals surface area contributed by atoms with Gasteiger partial charge in [0, 0.05) is 28.3 Å². The van der Waals surface area contributed by atoms with Crippen LogP contribution < -0.4 is 10.9 Å². The minimum absolute atomic E-state index is 0.0914. The normalized spacial score (nSPS) is 10.9. The first-order valence-electron chi connectivity index (χ1n) is 7.73. The van der Waals surface area contributed by atoms with Gasteiger partial charge in [-0.3, -0.25) is 14.0 Å². The number of thioether (sulfide) groups is 1. The number of nitrogens with one attached hydrogen (secondary N) is 1. The molecule has 1 amide bonds. The molecule has 0 saturated carbocycles. The Morgan fingerprint density at radius 3 is 3.00 bits per heavy atom. The van der Waals surface area contributed by atoms with Gasteiger partial charge in [-0.2, -0.15) is 0 Å². The van der Waals surface area contributed by atoms with Gasteiger partial charge in [-0.15, -0.1) is 23.1 Å². The number of carbonyl (C=O) groups excluding carboxylic acids is 1. The molecule has 0 fully saturated rings. The van der Waals surface area contributed by atoms with Crippen LogP contribution in [0.1, 0.15) is 16.2 Å². The molecule has 6 nitrogen and oxygen atoms in total. The molecule has 0 bridgehead atoms. The Balaban J connectivity index is 1.53. The van der Waals surface area contributed by atoms with Crippen molar-refractivity contribution in [1.82, 2.24) is 9.38 Å². The summed E-state index contributed by atoms with van der Waals surface area (Å²) < 4.78 is 6.64. The molecule has 130 valence electrons. The molecule has 0 spiro atoms. The molecule has 0 saturated heterocycles. The van der Waals surface area contributed by atoms with Gasteiger partial charge in [0.1, 0.15) is 0 Å². The van der Waals surface area contributed by atoms with Crippen molar-refractivity contribution in [1.29, 1.82) is 0 Å². The lowest BCUT2D eigenvalue weighted by Gasteiger charge is -2.09. The molecule has 4 aromatic rings. The van der Waals surface area contributed by atoms with Gasteiger partial charge in [-0.25, -0.2) is 4.98 Å². The second-order valence-electron chi connectivity index (χ2n) is 5.36. The summed E-state index contributed by atoms with van der Waals surface area (Å²) in [6.07, 6.45) is 3.17. The average molecular weight is 383 g/mol. The van der Waals surface area contributed by atoms with Crippen molar-refractivity contribution < 1.29 is 9.21 Å². The van der Waals surface area contributed by atoms with E-state index in [0.717, 1.165) is 4.90 Å². The lowest BCUT2D eigenvalue weighted by Crippen LogP contribution is -2.13. The van der Waals surface area contributed by atoms with E-state index >= 15 is 0 Å². The molecule has 0 aliphatic heterocycles. The topological polar surface area (TPSA) is 76.6 Å². The highest BCUT2D eigenvalue weighted by molar-refractivity contribution is 7.98. The maximum atomic E-state index is 12.2. The third-order valence-corrected chi connectivity index (χ3v) is 5.48. The molecule has 0 radical (unpaired) electrons. The number of aromatic nitrogens is 2. The fourth-order valence-electron chi connectivity index (χ4n) is 2.40. The number of nitrogens with zero attached hydrogens (tertiary/aromatic N) is 2. The van der Waals surface area contributed by atoms with E-state index in [-0.39, 0.29) is 17.2 Å². The standard InChI is InChI=1S/C18H13N3O3S2/c22-16-10-12(19-18-21(16)7-9-25-18)11-26-15-6-2-1-4-13(15)20-17(23)14-5-3-8-24-14/h1-10H,11H2,(H,20,23). The minimum Gasteiger partial charge on any atom is -0.459 e. The zero-order valence-corrected chi connectivity index (χ0v) is 15.0. The highest BCUT2D eigenvalue weighted by Crippen LogP contribution is 2.29. The van der Waals surface area contributed by atoms with Crippen molar-refractivity contribution in [2.75, 3.05) is 5.32 Å². The lowest BCUT2D eigenvalue weighted by molar-refractivity contribution is 0.0996. The van der Waals surface area contributed by atoms with Crippen molar-refractivity contribution in [3.63, 3.8) is 0 Å². The average Bonchev–Trinajstić information content (AvgIpc) is 3.33. The number of para-hydroxylation sites is 1. The number of hydrogen-bond acceptors (Lipinski definition) is 6.